The zero-order chi connectivity index (χ0) is 11.5. The number of tetrazole rings is 1. The topological polar surface area (TPSA) is 80.9 Å². The third-order valence-corrected chi connectivity index (χ3v) is 1.90. The summed E-state index contributed by atoms with van der Waals surface area (Å²) in [5.74, 6) is -1.27. The molecule has 2 aromatic rings. The zero-order valence-electron chi connectivity index (χ0n) is 8.04. The molecule has 0 bridgehead atoms. The summed E-state index contributed by atoms with van der Waals surface area (Å²) in [5.41, 5.74) is 0.436. The monoisotopic (exact) mass is 222 g/mol. The summed E-state index contributed by atoms with van der Waals surface area (Å²) < 4.78 is 14.1. The number of nitrogens with zero attached hydrogens (tertiary/aromatic N) is 4. The zero-order valence-corrected chi connectivity index (χ0v) is 8.04. The van der Waals surface area contributed by atoms with Gasteiger partial charge in [0, 0.05) is 5.56 Å². The van der Waals surface area contributed by atoms with Crippen LogP contribution in [0.15, 0.2) is 24.3 Å². The molecule has 0 fully saturated rings. The van der Waals surface area contributed by atoms with Gasteiger partial charge in [-0.05, 0) is 22.6 Å². The molecule has 0 radical (unpaired) electrons. The second kappa shape index (κ2) is 4.05. The lowest BCUT2D eigenvalue weighted by molar-refractivity contribution is -0.137. The Bertz CT molecular complexity index is 526. The number of carboxylic acids is 1. The van der Waals surface area contributed by atoms with Crippen LogP contribution in [0.3, 0.4) is 0 Å². The molecule has 0 spiro atoms. The van der Waals surface area contributed by atoms with Gasteiger partial charge in [0.15, 0.2) is 5.82 Å². The van der Waals surface area contributed by atoms with E-state index in [1.54, 1.807) is 6.07 Å². The van der Waals surface area contributed by atoms with E-state index in [0.717, 1.165) is 4.68 Å². The predicted molar refractivity (Wildman–Crippen MR) is 50.8 cm³/mol. The quantitative estimate of drug-likeness (QED) is 0.820. The molecule has 1 aromatic heterocycles. The fourth-order valence-electron chi connectivity index (χ4n) is 1.27. The Morgan fingerprint density at radius 2 is 2.31 bits per heavy atom. The van der Waals surface area contributed by atoms with Crippen molar-refractivity contribution in [2.24, 2.45) is 0 Å². The van der Waals surface area contributed by atoms with Crippen molar-refractivity contribution in [1.82, 2.24) is 20.2 Å². The van der Waals surface area contributed by atoms with E-state index >= 15 is 0 Å². The largest absolute Gasteiger partial charge is 0.480 e. The van der Waals surface area contributed by atoms with Gasteiger partial charge in [-0.1, -0.05) is 12.1 Å². The highest BCUT2D eigenvalue weighted by molar-refractivity contribution is 5.67. The van der Waals surface area contributed by atoms with E-state index in [1.807, 2.05) is 0 Å². The van der Waals surface area contributed by atoms with Crippen molar-refractivity contribution in [3.63, 3.8) is 0 Å². The van der Waals surface area contributed by atoms with Crippen LogP contribution in [-0.2, 0) is 11.3 Å². The smallest absolute Gasteiger partial charge is 0.325 e. The molecule has 1 N–H and O–H groups in total. The summed E-state index contributed by atoms with van der Waals surface area (Å²) in [6.45, 7) is -0.362. The standard InChI is InChI=1S/C9H7FN4O2/c10-7-3-1-2-6(4-7)9-11-12-13-14(9)5-8(15)16/h1-4H,5H2,(H,15,16). The number of hydrogen-bond acceptors (Lipinski definition) is 4. The minimum atomic E-state index is -1.06. The summed E-state index contributed by atoms with van der Waals surface area (Å²) in [4.78, 5) is 10.5. The fourth-order valence-corrected chi connectivity index (χ4v) is 1.27. The van der Waals surface area contributed by atoms with Gasteiger partial charge < -0.3 is 5.11 Å². The van der Waals surface area contributed by atoms with Crippen molar-refractivity contribution in [1.29, 1.82) is 0 Å². The maximum atomic E-state index is 13.0. The van der Waals surface area contributed by atoms with Gasteiger partial charge in [-0.3, -0.25) is 4.79 Å². The summed E-state index contributed by atoms with van der Waals surface area (Å²) in [6, 6.07) is 5.64. The molecule has 16 heavy (non-hydrogen) atoms. The molecule has 6 nitrogen and oxygen atoms in total. The third-order valence-electron chi connectivity index (χ3n) is 1.90. The van der Waals surface area contributed by atoms with Gasteiger partial charge in [0.1, 0.15) is 12.4 Å². The molecule has 7 heteroatoms. The van der Waals surface area contributed by atoms with Gasteiger partial charge in [0.05, 0.1) is 0 Å². The van der Waals surface area contributed by atoms with Gasteiger partial charge in [-0.25, -0.2) is 9.07 Å². The van der Waals surface area contributed by atoms with Crippen LogP contribution in [0, 0.1) is 5.82 Å². The van der Waals surface area contributed by atoms with Crippen LogP contribution in [0.4, 0.5) is 4.39 Å². The van der Waals surface area contributed by atoms with E-state index in [2.05, 4.69) is 15.5 Å². The highest BCUT2D eigenvalue weighted by Gasteiger charge is 2.11. The Labute approximate surface area is 89.3 Å². The second-order valence-electron chi connectivity index (χ2n) is 3.06. The van der Waals surface area contributed by atoms with Crippen LogP contribution >= 0.6 is 0 Å². The van der Waals surface area contributed by atoms with Crippen molar-refractivity contribution in [3.05, 3.63) is 30.1 Å². The lowest BCUT2D eigenvalue weighted by Crippen LogP contribution is -2.11. The van der Waals surface area contributed by atoms with Crippen LogP contribution < -0.4 is 0 Å². The Morgan fingerprint density at radius 1 is 1.50 bits per heavy atom. The molecule has 1 heterocycles. The predicted octanol–water partition coefficient (Wildman–Crippen LogP) is 0.564. The van der Waals surface area contributed by atoms with E-state index in [-0.39, 0.29) is 12.4 Å². The number of halogens is 1. The van der Waals surface area contributed by atoms with Crippen LogP contribution in [0.25, 0.3) is 11.4 Å². The molecule has 1 aromatic carbocycles. The van der Waals surface area contributed by atoms with Crippen LogP contribution in [-0.4, -0.2) is 31.3 Å². The van der Waals surface area contributed by atoms with E-state index in [0.29, 0.717) is 5.56 Å². The lowest BCUT2D eigenvalue weighted by Gasteiger charge is -2.01. The molecular formula is C9H7FN4O2. The van der Waals surface area contributed by atoms with Gasteiger partial charge in [0.2, 0.25) is 0 Å². The van der Waals surface area contributed by atoms with Crippen LogP contribution in [0.1, 0.15) is 0 Å². The number of benzene rings is 1. The summed E-state index contributed by atoms with van der Waals surface area (Å²) in [7, 11) is 0. The molecule has 0 aliphatic carbocycles. The first kappa shape index (κ1) is 10.2. The number of aromatic nitrogens is 4. The molecule has 0 aliphatic heterocycles. The van der Waals surface area contributed by atoms with Crippen LogP contribution in [0.5, 0.6) is 0 Å². The highest BCUT2D eigenvalue weighted by Crippen LogP contribution is 2.16. The molecule has 82 valence electrons. The van der Waals surface area contributed by atoms with Crippen LogP contribution in [0.2, 0.25) is 0 Å². The average Bonchev–Trinajstić information content (AvgIpc) is 2.65. The summed E-state index contributed by atoms with van der Waals surface area (Å²) >= 11 is 0. The highest BCUT2D eigenvalue weighted by atomic mass is 19.1. The van der Waals surface area contributed by atoms with E-state index < -0.39 is 11.8 Å². The maximum absolute atomic E-state index is 13.0. The first-order chi connectivity index (χ1) is 7.66. The number of hydrogen-bond donors (Lipinski definition) is 1. The van der Waals surface area contributed by atoms with Crippen molar-refractivity contribution >= 4 is 5.97 Å². The lowest BCUT2D eigenvalue weighted by atomic mass is 10.2. The third kappa shape index (κ3) is 2.02. The average molecular weight is 222 g/mol. The Kier molecular flexibility index (Phi) is 2.59. The summed E-state index contributed by atoms with van der Waals surface area (Å²) in [5, 5.41) is 19.1. The molecule has 0 amide bonds. The molecule has 0 saturated carbocycles. The van der Waals surface area contributed by atoms with Crippen molar-refractivity contribution in [3.8, 4) is 11.4 Å². The summed E-state index contributed by atoms with van der Waals surface area (Å²) in [6.07, 6.45) is 0. The number of rotatable bonds is 3. The molecule has 0 saturated heterocycles. The molecule has 0 atom stereocenters. The van der Waals surface area contributed by atoms with E-state index in [9.17, 15) is 9.18 Å². The van der Waals surface area contributed by atoms with Gasteiger partial charge in [0.25, 0.3) is 0 Å². The molecule has 2 rings (SSSR count). The number of carbonyl (C=O) groups is 1. The van der Waals surface area contributed by atoms with Gasteiger partial charge in [-0.15, -0.1) is 5.10 Å². The number of aliphatic carboxylic acids is 1. The minimum absolute atomic E-state index is 0.224. The Balaban J connectivity index is 2.40. The van der Waals surface area contributed by atoms with E-state index in [1.165, 1.54) is 18.2 Å². The van der Waals surface area contributed by atoms with Gasteiger partial charge in [-0.2, -0.15) is 0 Å². The van der Waals surface area contributed by atoms with Crippen molar-refractivity contribution < 1.29 is 14.3 Å². The molecule has 0 aliphatic rings. The van der Waals surface area contributed by atoms with E-state index in [4.69, 9.17) is 5.11 Å². The van der Waals surface area contributed by atoms with Gasteiger partial charge >= 0.3 is 5.97 Å². The van der Waals surface area contributed by atoms with Crippen molar-refractivity contribution in [2.75, 3.05) is 0 Å². The second-order valence-corrected chi connectivity index (χ2v) is 3.06. The first-order valence-electron chi connectivity index (χ1n) is 4.41. The Hall–Kier alpha value is -2.31. The normalized spacial score (nSPS) is 10.3. The first-order valence-corrected chi connectivity index (χ1v) is 4.41. The number of carboxylic acid groups (broad SMARTS) is 1. The molecular weight excluding hydrogens is 215 g/mol. The minimum Gasteiger partial charge on any atom is -0.480 e. The Morgan fingerprint density at radius 3 is 3.00 bits per heavy atom. The van der Waals surface area contributed by atoms with Crippen molar-refractivity contribution in [2.45, 2.75) is 6.54 Å². The maximum Gasteiger partial charge on any atom is 0.325 e. The fraction of sp³-hybridized carbons (Fsp3) is 0.111. The molecule has 0 unspecified atom stereocenters. The SMILES string of the molecule is O=C(O)Cn1nnnc1-c1cccc(F)c1.